The molecular weight excluding hydrogens is 261 g/mol. The summed E-state index contributed by atoms with van der Waals surface area (Å²) in [7, 11) is 0. The Labute approximate surface area is 111 Å². The Morgan fingerprint density at radius 1 is 1.12 bits per heavy atom. The van der Waals surface area contributed by atoms with Crippen molar-refractivity contribution in [3.63, 3.8) is 0 Å². The van der Waals surface area contributed by atoms with Gasteiger partial charge in [-0.25, -0.2) is 0 Å². The van der Waals surface area contributed by atoms with Crippen LogP contribution in [0.4, 0.5) is 5.69 Å². The molecule has 0 amide bonds. The largest absolute Gasteiger partial charge is 0.481 e. The molecule has 0 heterocycles. The fourth-order valence-electron chi connectivity index (χ4n) is 1.57. The molecule has 0 saturated heterocycles. The summed E-state index contributed by atoms with van der Waals surface area (Å²) in [5.74, 6) is 0.248. The van der Waals surface area contributed by atoms with Crippen LogP contribution in [0.15, 0.2) is 24.3 Å². The predicted octanol–water partition coefficient (Wildman–Crippen LogP) is 2.60. The van der Waals surface area contributed by atoms with Crippen molar-refractivity contribution >= 4 is 34.9 Å². The first-order chi connectivity index (χ1) is 8.17. The van der Waals surface area contributed by atoms with E-state index in [1.807, 2.05) is 24.3 Å². The van der Waals surface area contributed by atoms with E-state index in [1.165, 1.54) is 0 Å². The van der Waals surface area contributed by atoms with Gasteiger partial charge in [-0.2, -0.15) is 0 Å². The van der Waals surface area contributed by atoms with Crippen LogP contribution in [-0.2, 0) is 11.2 Å². The summed E-state index contributed by atoms with van der Waals surface area (Å²) < 4.78 is 0. The molecular formula is C12H15Cl2NO2. The van der Waals surface area contributed by atoms with Crippen LogP contribution in [0.25, 0.3) is 0 Å². The predicted molar refractivity (Wildman–Crippen MR) is 71.4 cm³/mol. The van der Waals surface area contributed by atoms with E-state index < -0.39 is 5.97 Å². The lowest BCUT2D eigenvalue weighted by molar-refractivity contribution is -0.136. The molecule has 94 valence electrons. The number of rotatable bonds is 7. The quantitative estimate of drug-likeness (QED) is 0.778. The fourth-order valence-corrected chi connectivity index (χ4v) is 1.98. The Morgan fingerprint density at radius 2 is 1.65 bits per heavy atom. The highest BCUT2D eigenvalue weighted by atomic mass is 35.5. The van der Waals surface area contributed by atoms with E-state index in [4.69, 9.17) is 28.3 Å². The molecule has 0 aliphatic heterocycles. The molecule has 3 nitrogen and oxygen atoms in total. The van der Waals surface area contributed by atoms with Crippen molar-refractivity contribution in [2.45, 2.75) is 6.42 Å². The van der Waals surface area contributed by atoms with Crippen LogP contribution in [0.1, 0.15) is 5.56 Å². The second-order valence-electron chi connectivity index (χ2n) is 3.60. The average Bonchev–Trinajstić information content (AvgIpc) is 2.29. The van der Waals surface area contributed by atoms with E-state index in [0.717, 1.165) is 24.3 Å². The molecule has 0 aliphatic carbocycles. The molecule has 0 aliphatic rings. The number of aliphatic carboxylic acids is 1. The lowest BCUT2D eigenvalue weighted by Gasteiger charge is -2.22. The molecule has 0 saturated carbocycles. The fraction of sp³-hybridized carbons (Fsp3) is 0.417. The van der Waals surface area contributed by atoms with Gasteiger partial charge in [-0.3, -0.25) is 4.79 Å². The van der Waals surface area contributed by atoms with Crippen molar-refractivity contribution < 1.29 is 9.90 Å². The van der Waals surface area contributed by atoms with Crippen molar-refractivity contribution in [1.82, 2.24) is 0 Å². The van der Waals surface area contributed by atoms with Gasteiger partial charge in [-0.05, 0) is 17.7 Å². The smallest absolute Gasteiger partial charge is 0.307 e. The van der Waals surface area contributed by atoms with Gasteiger partial charge in [0.25, 0.3) is 0 Å². The highest BCUT2D eigenvalue weighted by Crippen LogP contribution is 2.15. The first-order valence-electron chi connectivity index (χ1n) is 5.35. The minimum absolute atomic E-state index is 0.0469. The van der Waals surface area contributed by atoms with Crippen LogP contribution < -0.4 is 4.90 Å². The summed E-state index contributed by atoms with van der Waals surface area (Å²) in [5.41, 5.74) is 1.80. The second kappa shape index (κ2) is 7.41. The van der Waals surface area contributed by atoms with Gasteiger partial charge in [0.2, 0.25) is 0 Å². The van der Waals surface area contributed by atoms with Crippen LogP contribution in [0.5, 0.6) is 0 Å². The highest BCUT2D eigenvalue weighted by molar-refractivity contribution is 6.18. The van der Waals surface area contributed by atoms with E-state index >= 15 is 0 Å². The van der Waals surface area contributed by atoms with Gasteiger partial charge >= 0.3 is 5.97 Å². The molecule has 1 N–H and O–H groups in total. The standard InChI is InChI=1S/C12H15Cl2NO2/c13-5-7-15(8-6-14)11-3-1-10(2-4-11)9-12(16)17/h1-4H,5-9H2,(H,16,17). The third-order valence-electron chi connectivity index (χ3n) is 2.37. The number of carboxylic acids is 1. The average molecular weight is 276 g/mol. The van der Waals surface area contributed by atoms with Crippen LogP contribution in [0.3, 0.4) is 0 Å². The summed E-state index contributed by atoms with van der Waals surface area (Å²) in [6, 6.07) is 7.44. The molecule has 0 aromatic heterocycles. The van der Waals surface area contributed by atoms with Crippen molar-refractivity contribution in [3.8, 4) is 0 Å². The van der Waals surface area contributed by atoms with Gasteiger partial charge in [0.1, 0.15) is 0 Å². The molecule has 17 heavy (non-hydrogen) atoms. The van der Waals surface area contributed by atoms with E-state index in [9.17, 15) is 4.79 Å². The highest BCUT2D eigenvalue weighted by Gasteiger charge is 2.06. The minimum Gasteiger partial charge on any atom is -0.481 e. The number of benzene rings is 1. The minimum atomic E-state index is -0.823. The van der Waals surface area contributed by atoms with Gasteiger partial charge in [-0.1, -0.05) is 12.1 Å². The SMILES string of the molecule is O=C(O)Cc1ccc(N(CCCl)CCCl)cc1. The van der Waals surface area contributed by atoms with Crippen molar-refractivity contribution in [2.75, 3.05) is 29.7 Å². The number of nitrogens with zero attached hydrogens (tertiary/aromatic N) is 1. The molecule has 0 bridgehead atoms. The van der Waals surface area contributed by atoms with Crippen molar-refractivity contribution in [1.29, 1.82) is 0 Å². The van der Waals surface area contributed by atoms with Crippen LogP contribution in [-0.4, -0.2) is 35.9 Å². The van der Waals surface area contributed by atoms with Crippen molar-refractivity contribution in [2.24, 2.45) is 0 Å². The Balaban J connectivity index is 2.72. The summed E-state index contributed by atoms with van der Waals surface area (Å²) >= 11 is 11.4. The molecule has 1 aromatic carbocycles. The first kappa shape index (κ1) is 14.1. The molecule has 1 aromatic rings. The van der Waals surface area contributed by atoms with E-state index in [-0.39, 0.29) is 6.42 Å². The van der Waals surface area contributed by atoms with E-state index in [2.05, 4.69) is 4.90 Å². The lowest BCUT2D eigenvalue weighted by Crippen LogP contribution is -2.27. The van der Waals surface area contributed by atoms with E-state index in [1.54, 1.807) is 0 Å². The zero-order valence-corrected chi connectivity index (χ0v) is 10.9. The van der Waals surface area contributed by atoms with Gasteiger partial charge < -0.3 is 10.0 Å². The van der Waals surface area contributed by atoms with Crippen molar-refractivity contribution in [3.05, 3.63) is 29.8 Å². The Bertz CT molecular complexity index is 348. The normalized spacial score (nSPS) is 10.2. The number of hydrogen-bond donors (Lipinski definition) is 1. The molecule has 0 radical (unpaired) electrons. The molecule has 0 unspecified atom stereocenters. The lowest BCUT2D eigenvalue weighted by atomic mass is 10.1. The molecule has 0 atom stereocenters. The molecule has 1 rings (SSSR count). The van der Waals surface area contributed by atoms with Gasteiger partial charge in [0.15, 0.2) is 0 Å². The number of halogens is 2. The first-order valence-corrected chi connectivity index (χ1v) is 6.42. The molecule has 5 heteroatoms. The Morgan fingerprint density at radius 3 is 2.06 bits per heavy atom. The second-order valence-corrected chi connectivity index (χ2v) is 4.36. The van der Waals surface area contributed by atoms with Gasteiger partial charge in [0.05, 0.1) is 6.42 Å². The maximum Gasteiger partial charge on any atom is 0.307 e. The van der Waals surface area contributed by atoms with Crippen LogP contribution in [0, 0.1) is 0 Å². The summed E-state index contributed by atoms with van der Waals surface area (Å²) in [6.07, 6.45) is 0.0469. The topological polar surface area (TPSA) is 40.5 Å². The number of carbonyl (C=O) groups is 1. The molecule has 0 fully saturated rings. The van der Waals surface area contributed by atoms with Gasteiger partial charge in [0, 0.05) is 30.5 Å². The van der Waals surface area contributed by atoms with E-state index in [0.29, 0.717) is 11.8 Å². The van der Waals surface area contributed by atoms with Crippen LogP contribution in [0.2, 0.25) is 0 Å². The van der Waals surface area contributed by atoms with Gasteiger partial charge in [-0.15, -0.1) is 23.2 Å². The zero-order valence-electron chi connectivity index (χ0n) is 9.40. The Hall–Kier alpha value is -0.930. The maximum absolute atomic E-state index is 10.5. The molecule has 0 spiro atoms. The van der Waals surface area contributed by atoms with Crippen LogP contribution >= 0.6 is 23.2 Å². The Kier molecular flexibility index (Phi) is 6.16. The third-order valence-corrected chi connectivity index (χ3v) is 2.70. The zero-order chi connectivity index (χ0) is 12.7. The maximum atomic E-state index is 10.5. The third kappa shape index (κ3) is 4.84. The summed E-state index contributed by atoms with van der Waals surface area (Å²) in [6.45, 7) is 1.46. The number of carboxylic acid groups (broad SMARTS) is 1. The number of anilines is 1. The summed E-state index contributed by atoms with van der Waals surface area (Å²) in [5, 5.41) is 8.67. The number of hydrogen-bond acceptors (Lipinski definition) is 2. The monoisotopic (exact) mass is 275 g/mol. The summed E-state index contributed by atoms with van der Waals surface area (Å²) in [4.78, 5) is 12.6. The number of alkyl halides is 2.